The second-order valence-corrected chi connectivity index (χ2v) is 10.2. The fraction of sp³-hybridized carbons (Fsp3) is 0.423. The number of fused-ring (bicyclic) bond motifs is 3. The molecule has 1 amide bonds. The van der Waals surface area contributed by atoms with Gasteiger partial charge in [0.25, 0.3) is 5.91 Å². The maximum absolute atomic E-state index is 13.6. The van der Waals surface area contributed by atoms with Crippen molar-refractivity contribution in [3.05, 3.63) is 45.7 Å². The van der Waals surface area contributed by atoms with Crippen molar-refractivity contribution in [1.82, 2.24) is 4.90 Å². The lowest BCUT2D eigenvalue weighted by molar-refractivity contribution is -0.147. The normalized spacial score (nSPS) is 25.8. The van der Waals surface area contributed by atoms with E-state index in [1.807, 2.05) is 44.1 Å². The number of carbonyl (C=O) groups is 3. The van der Waals surface area contributed by atoms with E-state index in [0.717, 1.165) is 5.69 Å². The predicted octanol–water partition coefficient (Wildman–Crippen LogP) is 1.06. The number of aliphatic hydroxyl groups excluding tert-OH is 2. The molecule has 0 unspecified atom stereocenters. The summed E-state index contributed by atoms with van der Waals surface area (Å²) in [5.74, 6) is -6.34. The summed E-state index contributed by atoms with van der Waals surface area (Å²) in [6, 6.07) is 1.80. The molecule has 0 bridgehead atoms. The largest absolute Gasteiger partial charge is 0.508 e. The van der Waals surface area contributed by atoms with Gasteiger partial charge >= 0.3 is 0 Å². The van der Waals surface area contributed by atoms with E-state index in [2.05, 4.69) is 0 Å². The first-order valence-corrected chi connectivity index (χ1v) is 11.6. The van der Waals surface area contributed by atoms with Gasteiger partial charge in [0, 0.05) is 49.8 Å². The number of hydrogen-bond donors (Lipinski definition) is 5. The maximum atomic E-state index is 13.6. The number of primary amides is 1. The number of nitrogens with zero attached hydrogens (tertiary/aromatic N) is 2. The molecule has 36 heavy (non-hydrogen) atoms. The molecule has 10 nitrogen and oxygen atoms in total. The minimum atomic E-state index is -2.57. The number of phenols is 1. The van der Waals surface area contributed by atoms with Crippen LogP contribution in [0.25, 0.3) is 11.8 Å². The number of carbonyl (C=O) groups excluding carboxylic acids is 3. The number of rotatable bonds is 5. The Labute approximate surface area is 208 Å². The third-order valence-electron chi connectivity index (χ3n) is 7.32. The van der Waals surface area contributed by atoms with Crippen LogP contribution in [-0.2, 0) is 20.8 Å². The molecule has 1 saturated carbocycles. The second kappa shape index (κ2) is 8.79. The zero-order valence-corrected chi connectivity index (χ0v) is 20.7. The van der Waals surface area contributed by atoms with Crippen molar-refractivity contribution >= 4 is 35.0 Å². The number of likely N-dealkylation sites (N-methyl/N-ethyl adjacent to an activating group) is 1. The van der Waals surface area contributed by atoms with Gasteiger partial charge < -0.3 is 36.0 Å². The molecule has 1 aromatic carbocycles. The zero-order chi connectivity index (χ0) is 26.7. The fourth-order valence-electron chi connectivity index (χ4n) is 5.61. The van der Waals surface area contributed by atoms with Crippen LogP contribution < -0.4 is 10.6 Å². The van der Waals surface area contributed by atoms with Crippen molar-refractivity contribution in [1.29, 1.82) is 0 Å². The highest BCUT2D eigenvalue weighted by molar-refractivity contribution is 6.22. The molecule has 10 heteroatoms. The summed E-state index contributed by atoms with van der Waals surface area (Å²) in [5.41, 5.74) is 3.59. The van der Waals surface area contributed by atoms with Crippen LogP contribution in [0.4, 0.5) is 5.69 Å². The van der Waals surface area contributed by atoms with Gasteiger partial charge in [-0.15, -0.1) is 0 Å². The fourth-order valence-corrected chi connectivity index (χ4v) is 5.61. The number of aromatic hydroxyl groups is 1. The highest BCUT2D eigenvalue weighted by Gasteiger charge is 2.60. The van der Waals surface area contributed by atoms with E-state index in [0.29, 0.717) is 17.7 Å². The minimum absolute atomic E-state index is 0.0813. The first kappa shape index (κ1) is 25.5. The van der Waals surface area contributed by atoms with Crippen LogP contribution >= 0.6 is 0 Å². The Morgan fingerprint density at radius 1 is 1.17 bits per heavy atom. The average Bonchev–Trinajstić information content (AvgIpc) is 2.77. The van der Waals surface area contributed by atoms with Crippen LogP contribution in [0.1, 0.15) is 29.5 Å². The van der Waals surface area contributed by atoms with E-state index in [-0.39, 0.29) is 36.1 Å². The van der Waals surface area contributed by atoms with E-state index < -0.39 is 52.0 Å². The van der Waals surface area contributed by atoms with E-state index in [1.165, 1.54) is 0 Å². The monoisotopic (exact) mass is 497 g/mol. The number of amides is 1. The summed E-state index contributed by atoms with van der Waals surface area (Å²) >= 11 is 0. The molecular formula is C26H31N3O7. The lowest BCUT2D eigenvalue weighted by Crippen LogP contribution is -2.58. The van der Waals surface area contributed by atoms with Crippen molar-refractivity contribution in [3.63, 3.8) is 0 Å². The van der Waals surface area contributed by atoms with Gasteiger partial charge in [0.1, 0.15) is 22.8 Å². The number of Topliss-reactive ketones (excluding diaryl/α,β-unsaturated/α-hetero) is 2. The van der Waals surface area contributed by atoms with Crippen LogP contribution in [0.2, 0.25) is 0 Å². The molecule has 3 aliphatic rings. The molecule has 0 saturated heterocycles. The van der Waals surface area contributed by atoms with Gasteiger partial charge in [0.15, 0.2) is 11.4 Å². The lowest BCUT2D eigenvalue weighted by Gasteiger charge is -2.46. The molecule has 0 aromatic heterocycles. The summed E-state index contributed by atoms with van der Waals surface area (Å²) in [6.45, 7) is 0.613. The van der Waals surface area contributed by atoms with Gasteiger partial charge in [-0.3, -0.25) is 14.4 Å². The summed E-state index contributed by atoms with van der Waals surface area (Å²) in [4.78, 5) is 41.7. The first-order valence-electron chi connectivity index (χ1n) is 11.6. The zero-order valence-electron chi connectivity index (χ0n) is 20.7. The number of aliphatic hydroxyl groups is 3. The predicted molar refractivity (Wildman–Crippen MR) is 133 cm³/mol. The summed E-state index contributed by atoms with van der Waals surface area (Å²) in [6.07, 6.45) is 3.59. The second-order valence-electron chi connectivity index (χ2n) is 10.2. The molecule has 192 valence electrons. The van der Waals surface area contributed by atoms with Crippen molar-refractivity contribution in [2.75, 3.05) is 39.6 Å². The molecule has 6 N–H and O–H groups in total. The Hall–Kier alpha value is -3.63. The smallest absolute Gasteiger partial charge is 0.255 e. The molecule has 0 spiro atoms. The van der Waals surface area contributed by atoms with Crippen LogP contribution in [0.5, 0.6) is 5.75 Å². The maximum Gasteiger partial charge on any atom is 0.255 e. The lowest BCUT2D eigenvalue weighted by atomic mass is 9.59. The van der Waals surface area contributed by atoms with Crippen molar-refractivity contribution in [3.8, 4) is 5.75 Å². The van der Waals surface area contributed by atoms with Crippen molar-refractivity contribution < 1.29 is 34.8 Å². The molecule has 3 aliphatic carbocycles. The Morgan fingerprint density at radius 3 is 2.42 bits per heavy atom. The van der Waals surface area contributed by atoms with Gasteiger partial charge in [0.2, 0.25) is 5.78 Å². The Balaban J connectivity index is 1.92. The van der Waals surface area contributed by atoms with Crippen LogP contribution in [-0.4, -0.2) is 83.1 Å². The average molecular weight is 498 g/mol. The van der Waals surface area contributed by atoms with E-state index >= 15 is 0 Å². The Kier molecular flexibility index (Phi) is 6.22. The molecule has 4 rings (SSSR count). The number of nitrogens with two attached hydrogens (primary N) is 1. The number of benzene rings is 1. The van der Waals surface area contributed by atoms with Crippen LogP contribution in [0.15, 0.2) is 29.0 Å². The third kappa shape index (κ3) is 3.68. The minimum Gasteiger partial charge on any atom is -0.508 e. The molecule has 3 atom stereocenters. The van der Waals surface area contributed by atoms with Crippen LogP contribution in [0.3, 0.4) is 0 Å². The SMILES string of the molecule is CN(C)C/C=C/c1cc(N(C)C)c2c(c1O)C(O)=C1C(=O)[C@]3(O)C(O)=C(C(N)=O)C(=O)C[C@@H]3C[C@@H]1C2. The highest BCUT2D eigenvalue weighted by Crippen LogP contribution is 2.53. The summed E-state index contributed by atoms with van der Waals surface area (Å²) in [7, 11) is 7.46. The summed E-state index contributed by atoms with van der Waals surface area (Å²) in [5, 5.41) is 44.5. The van der Waals surface area contributed by atoms with Gasteiger partial charge in [-0.1, -0.05) is 12.2 Å². The first-order chi connectivity index (χ1) is 16.8. The number of hydrogen-bond acceptors (Lipinski definition) is 9. The van der Waals surface area contributed by atoms with Gasteiger partial charge in [-0.2, -0.15) is 0 Å². The van der Waals surface area contributed by atoms with Gasteiger partial charge in [-0.05, 0) is 44.5 Å². The standard InChI is InChI=1S/C26H31N3O7/c1-28(2)7-5-6-12-10-16(29(3)4)15-9-13-8-14-11-17(30)20(25(27)35)24(34)26(14,36)23(33)18(13)22(32)19(15)21(12)31/h5-6,10,13-14,31-32,34,36H,7-9,11H2,1-4H3,(H2,27,35)/b6-5+/t13-,14+,26+/m1/s1. The van der Waals surface area contributed by atoms with E-state index in [1.54, 1.807) is 12.1 Å². The molecule has 1 aromatic rings. The molecule has 1 fully saturated rings. The molecule has 0 heterocycles. The Bertz CT molecular complexity index is 1270. The van der Waals surface area contributed by atoms with E-state index in [4.69, 9.17) is 5.73 Å². The topological polar surface area (TPSA) is 165 Å². The third-order valence-corrected chi connectivity index (χ3v) is 7.32. The summed E-state index contributed by atoms with van der Waals surface area (Å²) < 4.78 is 0. The van der Waals surface area contributed by atoms with Gasteiger partial charge in [0.05, 0.1) is 5.56 Å². The number of anilines is 1. The van der Waals surface area contributed by atoms with Crippen LogP contribution in [0, 0.1) is 11.8 Å². The van der Waals surface area contributed by atoms with Gasteiger partial charge in [-0.25, -0.2) is 0 Å². The number of ketones is 2. The Morgan fingerprint density at radius 2 is 1.83 bits per heavy atom. The van der Waals surface area contributed by atoms with Crippen molar-refractivity contribution in [2.24, 2.45) is 17.6 Å². The molecule has 0 radical (unpaired) electrons. The molecular weight excluding hydrogens is 466 g/mol. The van der Waals surface area contributed by atoms with Crippen molar-refractivity contribution in [2.45, 2.75) is 24.9 Å². The highest BCUT2D eigenvalue weighted by atomic mass is 16.3. The quantitative estimate of drug-likeness (QED) is 0.374. The molecule has 0 aliphatic heterocycles. The van der Waals surface area contributed by atoms with E-state index in [9.17, 15) is 34.8 Å². The number of phenolic OH excluding ortho intramolecular Hbond substituents is 1.